The Labute approximate surface area is 168 Å². The van der Waals surface area contributed by atoms with Crippen molar-refractivity contribution in [2.45, 2.75) is 32.6 Å². The highest BCUT2D eigenvalue weighted by Crippen LogP contribution is 2.18. The highest BCUT2D eigenvalue weighted by Gasteiger charge is 2.16. The molecule has 0 aromatic heterocycles. The summed E-state index contributed by atoms with van der Waals surface area (Å²) in [4.78, 5) is 6.68. The molecule has 2 rings (SSSR count). The molecule has 1 heterocycles. The van der Waals surface area contributed by atoms with Crippen molar-refractivity contribution < 1.29 is 4.39 Å². The average molecular weight is 462 g/mol. The van der Waals surface area contributed by atoms with Gasteiger partial charge in [-0.2, -0.15) is 0 Å². The highest BCUT2D eigenvalue weighted by molar-refractivity contribution is 14.0. The molecule has 1 aliphatic heterocycles. The molecule has 0 spiro atoms. The molecule has 142 valence electrons. The van der Waals surface area contributed by atoms with Gasteiger partial charge in [-0.15, -0.1) is 24.0 Å². The van der Waals surface area contributed by atoms with Crippen LogP contribution in [-0.2, 0) is 6.42 Å². The van der Waals surface area contributed by atoms with Crippen LogP contribution in [0.2, 0.25) is 0 Å². The fourth-order valence-corrected chi connectivity index (χ4v) is 3.22. The predicted molar refractivity (Wildman–Crippen MR) is 114 cm³/mol. The van der Waals surface area contributed by atoms with E-state index in [4.69, 9.17) is 0 Å². The first kappa shape index (κ1) is 22.2. The topological polar surface area (TPSA) is 39.7 Å². The van der Waals surface area contributed by atoms with E-state index in [1.54, 1.807) is 13.1 Å². The summed E-state index contributed by atoms with van der Waals surface area (Å²) < 4.78 is 13.1. The molecular weight excluding hydrogens is 430 g/mol. The molecule has 25 heavy (non-hydrogen) atoms. The maximum atomic E-state index is 13.1. The second kappa shape index (κ2) is 11.7. The lowest BCUT2D eigenvalue weighted by molar-refractivity contribution is 0.213. The fourth-order valence-electron chi connectivity index (χ4n) is 3.22. The molecular formula is C19H32FIN4. The molecule has 2 N–H and O–H groups in total. The third kappa shape index (κ3) is 7.90. The number of nitrogens with one attached hydrogen (secondary N) is 2. The van der Waals surface area contributed by atoms with E-state index in [1.807, 2.05) is 13.0 Å². The van der Waals surface area contributed by atoms with E-state index in [0.29, 0.717) is 0 Å². The van der Waals surface area contributed by atoms with Crippen LogP contribution in [0.3, 0.4) is 0 Å². The Hall–Kier alpha value is -0.890. The van der Waals surface area contributed by atoms with Gasteiger partial charge >= 0.3 is 0 Å². The minimum atomic E-state index is -0.171. The summed E-state index contributed by atoms with van der Waals surface area (Å²) in [5, 5.41) is 6.74. The van der Waals surface area contributed by atoms with Crippen molar-refractivity contribution >= 4 is 29.9 Å². The van der Waals surface area contributed by atoms with E-state index in [-0.39, 0.29) is 29.8 Å². The molecule has 0 bridgehead atoms. The van der Waals surface area contributed by atoms with E-state index in [9.17, 15) is 4.39 Å². The molecule has 1 saturated heterocycles. The van der Waals surface area contributed by atoms with Gasteiger partial charge in [-0.3, -0.25) is 4.99 Å². The summed E-state index contributed by atoms with van der Waals surface area (Å²) in [5.41, 5.74) is 2.17. The molecule has 0 aliphatic carbocycles. The van der Waals surface area contributed by atoms with Gasteiger partial charge in [-0.05, 0) is 81.9 Å². The first-order valence-corrected chi connectivity index (χ1v) is 8.96. The van der Waals surface area contributed by atoms with Gasteiger partial charge in [0.15, 0.2) is 5.96 Å². The van der Waals surface area contributed by atoms with Crippen molar-refractivity contribution in [3.05, 3.63) is 35.1 Å². The molecule has 6 heteroatoms. The van der Waals surface area contributed by atoms with Crippen LogP contribution in [0.5, 0.6) is 0 Å². The van der Waals surface area contributed by atoms with E-state index < -0.39 is 0 Å². The van der Waals surface area contributed by atoms with Crippen LogP contribution in [0.4, 0.5) is 4.39 Å². The summed E-state index contributed by atoms with van der Waals surface area (Å²) in [6.07, 6.45) is 4.66. The van der Waals surface area contributed by atoms with Gasteiger partial charge in [0.2, 0.25) is 0 Å². The zero-order valence-corrected chi connectivity index (χ0v) is 18.0. The molecule has 4 nitrogen and oxygen atoms in total. The average Bonchev–Trinajstić information content (AvgIpc) is 2.57. The molecule has 0 amide bonds. The van der Waals surface area contributed by atoms with Crippen LogP contribution < -0.4 is 10.6 Å². The van der Waals surface area contributed by atoms with Gasteiger partial charge < -0.3 is 15.5 Å². The second-order valence-corrected chi connectivity index (χ2v) is 6.78. The Morgan fingerprint density at radius 1 is 1.24 bits per heavy atom. The third-order valence-corrected chi connectivity index (χ3v) is 4.90. The van der Waals surface area contributed by atoms with Crippen molar-refractivity contribution in [3.8, 4) is 0 Å². The van der Waals surface area contributed by atoms with Crippen molar-refractivity contribution in [1.82, 2.24) is 15.5 Å². The molecule has 1 aliphatic rings. The fraction of sp³-hybridized carbons (Fsp3) is 0.632. The van der Waals surface area contributed by atoms with Crippen LogP contribution in [-0.4, -0.2) is 51.1 Å². The molecule has 0 atom stereocenters. The molecule has 1 aromatic rings. The quantitative estimate of drug-likeness (QED) is 0.388. The van der Waals surface area contributed by atoms with Crippen LogP contribution in [0.1, 0.15) is 30.4 Å². The van der Waals surface area contributed by atoms with Crippen LogP contribution in [0, 0.1) is 18.7 Å². The molecule has 1 fully saturated rings. The summed E-state index contributed by atoms with van der Waals surface area (Å²) in [7, 11) is 4.00. The number of guanidine groups is 1. The standard InChI is InChI=1S/C19H31FN4.HI/c1-15-14-18(20)5-4-17(15)7-11-23-19(21-2)22-10-6-16-8-12-24(3)13-9-16;/h4-5,14,16H,6-13H2,1-3H3,(H2,21,22,23);1H. The van der Waals surface area contributed by atoms with Gasteiger partial charge in [-0.1, -0.05) is 6.07 Å². The first-order valence-electron chi connectivity index (χ1n) is 8.96. The van der Waals surface area contributed by atoms with Gasteiger partial charge in [0.25, 0.3) is 0 Å². The number of benzene rings is 1. The van der Waals surface area contributed by atoms with E-state index in [2.05, 4.69) is 27.6 Å². The summed E-state index contributed by atoms with van der Waals surface area (Å²) in [6.45, 7) is 6.14. The van der Waals surface area contributed by atoms with Crippen molar-refractivity contribution in [3.63, 3.8) is 0 Å². The number of halogens is 2. The van der Waals surface area contributed by atoms with Gasteiger partial charge in [0.1, 0.15) is 5.82 Å². The Balaban J connectivity index is 0.00000312. The largest absolute Gasteiger partial charge is 0.356 e. The third-order valence-electron chi connectivity index (χ3n) is 4.90. The Bertz CT molecular complexity index is 542. The maximum Gasteiger partial charge on any atom is 0.190 e. The SMILES string of the molecule is CN=C(NCCc1ccc(F)cc1C)NCCC1CCN(C)CC1.I. The summed E-state index contributed by atoms with van der Waals surface area (Å²) >= 11 is 0. The van der Waals surface area contributed by atoms with Crippen LogP contribution >= 0.6 is 24.0 Å². The first-order chi connectivity index (χ1) is 11.6. The number of aliphatic imine (C=N–C) groups is 1. The van der Waals surface area contributed by atoms with Crippen molar-refractivity contribution in [2.75, 3.05) is 40.3 Å². The summed E-state index contributed by atoms with van der Waals surface area (Å²) in [5.74, 6) is 1.51. The van der Waals surface area contributed by atoms with E-state index in [0.717, 1.165) is 37.0 Å². The minimum Gasteiger partial charge on any atom is -0.356 e. The van der Waals surface area contributed by atoms with Gasteiger partial charge in [0.05, 0.1) is 0 Å². The molecule has 0 saturated carbocycles. The van der Waals surface area contributed by atoms with Crippen LogP contribution in [0.15, 0.2) is 23.2 Å². The van der Waals surface area contributed by atoms with Crippen molar-refractivity contribution in [2.24, 2.45) is 10.9 Å². The number of hydrogen-bond acceptors (Lipinski definition) is 2. The lowest BCUT2D eigenvalue weighted by atomic mass is 9.94. The zero-order valence-electron chi connectivity index (χ0n) is 15.6. The molecule has 0 unspecified atom stereocenters. The lowest BCUT2D eigenvalue weighted by Gasteiger charge is -2.29. The monoisotopic (exact) mass is 462 g/mol. The van der Waals surface area contributed by atoms with Gasteiger partial charge in [0, 0.05) is 20.1 Å². The zero-order chi connectivity index (χ0) is 17.4. The Morgan fingerprint density at radius 2 is 1.92 bits per heavy atom. The number of likely N-dealkylation sites (tertiary alicyclic amines) is 1. The number of nitrogens with zero attached hydrogens (tertiary/aromatic N) is 2. The van der Waals surface area contributed by atoms with Crippen molar-refractivity contribution in [1.29, 1.82) is 0 Å². The Morgan fingerprint density at radius 3 is 2.56 bits per heavy atom. The maximum absolute atomic E-state index is 13.1. The lowest BCUT2D eigenvalue weighted by Crippen LogP contribution is -2.40. The van der Waals surface area contributed by atoms with E-state index in [1.165, 1.54) is 44.0 Å². The molecule has 1 aromatic carbocycles. The van der Waals surface area contributed by atoms with E-state index >= 15 is 0 Å². The molecule has 0 radical (unpaired) electrons. The summed E-state index contributed by atoms with van der Waals surface area (Å²) in [6, 6.07) is 4.98. The number of piperidine rings is 1. The van der Waals surface area contributed by atoms with Crippen LogP contribution in [0.25, 0.3) is 0 Å². The minimum absolute atomic E-state index is 0. The predicted octanol–water partition coefficient (Wildman–Crippen LogP) is 3.19. The second-order valence-electron chi connectivity index (χ2n) is 6.78. The highest BCUT2D eigenvalue weighted by atomic mass is 127. The normalized spacial score (nSPS) is 16.4. The Kier molecular flexibility index (Phi) is 10.3. The van der Waals surface area contributed by atoms with Gasteiger partial charge in [-0.25, -0.2) is 4.39 Å². The number of hydrogen-bond donors (Lipinski definition) is 2. The number of rotatable bonds is 6. The number of aryl methyl sites for hydroxylation is 1. The smallest absolute Gasteiger partial charge is 0.190 e.